The number of benzene rings is 1. The summed E-state index contributed by atoms with van der Waals surface area (Å²) in [4.78, 5) is 13.2. The molecule has 0 spiro atoms. The number of fused-ring (bicyclic) bond motifs is 1. The molecule has 17 heavy (non-hydrogen) atoms. The molecule has 4 heteroatoms. The lowest BCUT2D eigenvalue weighted by Gasteiger charge is -2.34. The number of carbonyl (C=O) groups is 1. The largest absolute Gasteiger partial charge is 0.480 e. The second-order valence-corrected chi connectivity index (χ2v) is 5.37. The Balaban J connectivity index is 2.27. The van der Waals surface area contributed by atoms with E-state index >= 15 is 0 Å². The summed E-state index contributed by atoms with van der Waals surface area (Å²) < 4.78 is 0.808. The molecule has 0 bridgehead atoms. The Kier molecular flexibility index (Phi) is 3.64. The fourth-order valence-electron chi connectivity index (χ4n) is 2.21. The third kappa shape index (κ3) is 2.76. The average Bonchev–Trinajstić information content (AvgIpc) is 2.27. The van der Waals surface area contributed by atoms with E-state index < -0.39 is 12.0 Å². The number of carboxylic acid groups (broad SMARTS) is 1. The summed E-state index contributed by atoms with van der Waals surface area (Å²) >= 11 is 3.30. The highest BCUT2D eigenvalue weighted by molar-refractivity contribution is 9.11. The summed E-state index contributed by atoms with van der Waals surface area (Å²) in [6, 6.07) is 7.54. The molecule has 0 unspecified atom stereocenters. The molecule has 3 nitrogen and oxygen atoms in total. The van der Waals surface area contributed by atoms with Crippen molar-refractivity contribution in [3.05, 3.63) is 46.5 Å². The van der Waals surface area contributed by atoms with Crippen LogP contribution in [0.1, 0.15) is 11.1 Å². The first-order chi connectivity index (χ1) is 8.08. The maximum atomic E-state index is 11.3. The Morgan fingerprint density at radius 1 is 1.47 bits per heavy atom. The van der Waals surface area contributed by atoms with E-state index in [1.165, 1.54) is 5.56 Å². The summed E-state index contributed by atoms with van der Waals surface area (Å²) in [5.41, 5.74) is 2.34. The van der Waals surface area contributed by atoms with Gasteiger partial charge in [0.25, 0.3) is 0 Å². The van der Waals surface area contributed by atoms with Crippen LogP contribution in [0.15, 0.2) is 35.3 Å². The average molecular weight is 296 g/mol. The number of nitrogens with zero attached hydrogens (tertiary/aromatic N) is 1. The zero-order valence-corrected chi connectivity index (χ0v) is 11.0. The SMILES string of the molecule is C=C(Br)CN1Cc2ccccc2C[C@H]1C(=O)O. The van der Waals surface area contributed by atoms with Gasteiger partial charge in [-0.3, -0.25) is 9.69 Å². The molecule has 1 heterocycles. The topological polar surface area (TPSA) is 40.5 Å². The van der Waals surface area contributed by atoms with Gasteiger partial charge in [-0.05, 0) is 17.5 Å². The third-order valence-corrected chi connectivity index (χ3v) is 3.26. The lowest BCUT2D eigenvalue weighted by molar-refractivity contribution is -0.143. The van der Waals surface area contributed by atoms with Crippen molar-refractivity contribution in [2.45, 2.75) is 19.0 Å². The predicted octanol–water partition coefficient (Wildman–Crippen LogP) is 2.41. The van der Waals surface area contributed by atoms with Crippen LogP contribution in [0.4, 0.5) is 0 Å². The highest BCUT2D eigenvalue weighted by Gasteiger charge is 2.30. The van der Waals surface area contributed by atoms with E-state index in [1.54, 1.807) is 0 Å². The van der Waals surface area contributed by atoms with Gasteiger partial charge in [0.05, 0.1) is 0 Å². The van der Waals surface area contributed by atoms with E-state index in [-0.39, 0.29) is 0 Å². The molecule has 1 aliphatic rings. The van der Waals surface area contributed by atoms with Gasteiger partial charge in [0, 0.05) is 17.6 Å². The number of halogens is 1. The summed E-state index contributed by atoms with van der Waals surface area (Å²) in [6.07, 6.45) is 0.561. The van der Waals surface area contributed by atoms with Gasteiger partial charge in [0.2, 0.25) is 0 Å². The Morgan fingerprint density at radius 2 is 2.12 bits per heavy atom. The Morgan fingerprint density at radius 3 is 2.71 bits per heavy atom. The maximum Gasteiger partial charge on any atom is 0.321 e. The first-order valence-corrected chi connectivity index (χ1v) is 6.24. The molecule has 1 atom stereocenters. The molecule has 1 aromatic rings. The molecule has 90 valence electrons. The summed E-state index contributed by atoms with van der Waals surface area (Å²) in [5, 5.41) is 9.26. The maximum absolute atomic E-state index is 11.3. The van der Waals surface area contributed by atoms with Gasteiger partial charge in [0.15, 0.2) is 0 Å². The predicted molar refractivity (Wildman–Crippen MR) is 70.0 cm³/mol. The normalized spacial score (nSPS) is 19.7. The van der Waals surface area contributed by atoms with Crippen LogP contribution in [0.3, 0.4) is 0 Å². The third-order valence-electron chi connectivity index (χ3n) is 3.01. The second kappa shape index (κ2) is 5.02. The fourth-order valence-corrected chi connectivity index (χ4v) is 2.53. The zero-order valence-electron chi connectivity index (χ0n) is 9.40. The lowest BCUT2D eigenvalue weighted by atomic mass is 9.94. The van der Waals surface area contributed by atoms with Gasteiger partial charge in [0.1, 0.15) is 6.04 Å². The van der Waals surface area contributed by atoms with E-state index in [1.807, 2.05) is 23.1 Å². The molecule has 1 N–H and O–H groups in total. The van der Waals surface area contributed by atoms with Gasteiger partial charge in [-0.25, -0.2) is 0 Å². The lowest BCUT2D eigenvalue weighted by Crippen LogP contribution is -2.45. The van der Waals surface area contributed by atoms with Crippen molar-refractivity contribution in [3.8, 4) is 0 Å². The molecular formula is C13H14BrNO2. The number of hydrogen-bond donors (Lipinski definition) is 1. The van der Waals surface area contributed by atoms with E-state index in [0.717, 1.165) is 10.0 Å². The van der Waals surface area contributed by atoms with E-state index in [9.17, 15) is 9.90 Å². The summed E-state index contributed by atoms with van der Waals surface area (Å²) in [7, 11) is 0. The second-order valence-electron chi connectivity index (χ2n) is 4.25. The first-order valence-electron chi connectivity index (χ1n) is 5.45. The van der Waals surface area contributed by atoms with Crippen LogP contribution in [-0.2, 0) is 17.8 Å². The minimum absolute atomic E-state index is 0.459. The molecule has 0 saturated carbocycles. The monoisotopic (exact) mass is 295 g/mol. The minimum atomic E-state index is -0.770. The highest BCUT2D eigenvalue weighted by Crippen LogP contribution is 2.24. The van der Waals surface area contributed by atoms with Crippen LogP contribution in [0.2, 0.25) is 0 Å². The zero-order chi connectivity index (χ0) is 12.4. The molecule has 1 aromatic carbocycles. The molecule has 1 aliphatic heterocycles. The number of aliphatic carboxylic acids is 1. The van der Waals surface area contributed by atoms with Crippen molar-refractivity contribution in [2.24, 2.45) is 0 Å². The Labute approximate surface area is 109 Å². The molecule has 0 aromatic heterocycles. The smallest absolute Gasteiger partial charge is 0.321 e. The summed E-state index contributed by atoms with van der Waals surface area (Å²) in [5.74, 6) is -0.770. The molecule has 0 amide bonds. The van der Waals surface area contributed by atoms with Gasteiger partial charge in [-0.1, -0.05) is 46.8 Å². The van der Waals surface area contributed by atoms with Crippen LogP contribution in [0.25, 0.3) is 0 Å². The molecular weight excluding hydrogens is 282 g/mol. The van der Waals surface area contributed by atoms with Crippen LogP contribution in [0, 0.1) is 0 Å². The van der Waals surface area contributed by atoms with Crippen LogP contribution >= 0.6 is 15.9 Å². The highest BCUT2D eigenvalue weighted by atomic mass is 79.9. The van der Waals surface area contributed by atoms with Gasteiger partial charge >= 0.3 is 5.97 Å². The van der Waals surface area contributed by atoms with Crippen molar-refractivity contribution in [1.82, 2.24) is 4.90 Å². The van der Waals surface area contributed by atoms with Crippen molar-refractivity contribution in [3.63, 3.8) is 0 Å². The van der Waals surface area contributed by atoms with Crippen LogP contribution in [0.5, 0.6) is 0 Å². The van der Waals surface area contributed by atoms with Crippen molar-refractivity contribution in [1.29, 1.82) is 0 Å². The van der Waals surface area contributed by atoms with E-state index in [0.29, 0.717) is 19.5 Å². The van der Waals surface area contributed by atoms with Gasteiger partial charge < -0.3 is 5.11 Å². The molecule has 2 rings (SSSR count). The van der Waals surface area contributed by atoms with Crippen molar-refractivity contribution in [2.75, 3.05) is 6.54 Å². The Bertz CT molecular complexity index is 458. The minimum Gasteiger partial charge on any atom is -0.480 e. The Hall–Kier alpha value is -1.13. The van der Waals surface area contributed by atoms with Crippen molar-refractivity contribution < 1.29 is 9.90 Å². The quantitative estimate of drug-likeness (QED) is 0.931. The number of rotatable bonds is 3. The van der Waals surface area contributed by atoms with Gasteiger partial charge in [-0.2, -0.15) is 0 Å². The van der Waals surface area contributed by atoms with Crippen molar-refractivity contribution >= 4 is 21.9 Å². The molecule has 0 radical (unpaired) electrons. The van der Waals surface area contributed by atoms with E-state index in [2.05, 4.69) is 28.6 Å². The standard InChI is InChI=1S/C13H14BrNO2/c1-9(14)7-15-8-11-5-3-2-4-10(11)6-12(15)13(16)17/h2-5,12H,1,6-8H2,(H,16,17)/t12-/m0/s1. The fraction of sp³-hybridized carbons (Fsp3) is 0.308. The summed E-state index contributed by atoms with van der Waals surface area (Å²) in [6.45, 7) is 5.01. The van der Waals surface area contributed by atoms with Crippen LogP contribution < -0.4 is 0 Å². The number of hydrogen-bond acceptors (Lipinski definition) is 2. The molecule has 0 saturated heterocycles. The van der Waals surface area contributed by atoms with E-state index in [4.69, 9.17) is 0 Å². The van der Waals surface area contributed by atoms with Gasteiger partial charge in [-0.15, -0.1) is 0 Å². The van der Waals surface area contributed by atoms with Crippen LogP contribution in [-0.4, -0.2) is 28.6 Å². The number of carboxylic acids is 1. The molecule has 0 fully saturated rings. The molecule has 0 aliphatic carbocycles. The first kappa shape index (κ1) is 12.3.